The maximum Gasteiger partial charge on any atom is 0.226 e. The van der Waals surface area contributed by atoms with Gasteiger partial charge in [-0.15, -0.1) is 24.8 Å². The summed E-state index contributed by atoms with van der Waals surface area (Å²) in [7, 11) is 0. The fourth-order valence-electron chi connectivity index (χ4n) is 2.70. The van der Waals surface area contributed by atoms with Crippen LogP contribution in [0.5, 0.6) is 0 Å². The second-order valence-corrected chi connectivity index (χ2v) is 5.68. The van der Waals surface area contributed by atoms with Crippen molar-refractivity contribution in [3.63, 3.8) is 0 Å². The van der Waals surface area contributed by atoms with Crippen LogP contribution >= 0.6 is 24.8 Å². The lowest BCUT2D eigenvalue weighted by atomic mass is 10.1. The topological polar surface area (TPSA) is 67.2 Å². The molecule has 1 aliphatic heterocycles. The molecule has 1 saturated heterocycles. The van der Waals surface area contributed by atoms with Gasteiger partial charge in [-0.2, -0.15) is 0 Å². The van der Waals surface area contributed by atoms with Gasteiger partial charge in [0, 0.05) is 18.2 Å². The van der Waals surface area contributed by atoms with Gasteiger partial charge in [-0.05, 0) is 38.4 Å². The zero-order valence-electron chi connectivity index (χ0n) is 13.6. The number of carbonyl (C=O) groups is 1. The van der Waals surface area contributed by atoms with Crippen LogP contribution in [0.2, 0.25) is 0 Å². The molecule has 1 atom stereocenters. The van der Waals surface area contributed by atoms with Gasteiger partial charge in [-0.3, -0.25) is 4.79 Å². The number of hydrogen-bond donors (Lipinski definition) is 2. The number of carbonyl (C=O) groups excluding carboxylic acids is 1. The van der Waals surface area contributed by atoms with E-state index in [1.165, 1.54) is 0 Å². The van der Waals surface area contributed by atoms with Crippen LogP contribution in [0, 0.1) is 6.92 Å². The van der Waals surface area contributed by atoms with E-state index in [0.717, 1.165) is 31.5 Å². The molecule has 132 valence electrons. The summed E-state index contributed by atoms with van der Waals surface area (Å²) >= 11 is 0. The molecule has 1 aromatic carbocycles. The van der Waals surface area contributed by atoms with Crippen molar-refractivity contribution < 1.29 is 9.21 Å². The Morgan fingerprint density at radius 2 is 2.08 bits per heavy atom. The molecule has 7 heteroatoms. The molecule has 0 bridgehead atoms. The van der Waals surface area contributed by atoms with Gasteiger partial charge >= 0.3 is 0 Å². The molecule has 1 aromatic heterocycles. The lowest BCUT2D eigenvalue weighted by Crippen LogP contribution is -2.46. The van der Waals surface area contributed by atoms with Gasteiger partial charge in [0.1, 0.15) is 5.76 Å². The number of halogens is 2. The van der Waals surface area contributed by atoms with E-state index in [4.69, 9.17) is 4.42 Å². The second-order valence-electron chi connectivity index (χ2n) is 5.68. The van der Waals surface area contributed by atoms with Crippen molar-refractivity contribution in [2.24, 2.45) is 0 Å². The molecule has 0 radical (unpaired) electrons. The molecular weight excluding hydrogens is 349 g/mol. The number of oxazole rings is 1. The summed E-state index contributed by atoms with van der Waals surface area (Å²) in [6.45, 7) is 3.73. The molecule has 0 saturated carbocycles. The van der Waals surface area contributed by atoms with Crippen molar-refractivity contribution >= 4 is 30.7 Å². The van der Waals surface area contributed by atoms with Crippen LogP contribution < -0.4 is 10.6 Å². The van der Waals surface area contributed by atoms with Gasteiger partial charge in [-0.25, -0.2) is 4.98 Å². The zero-order chi connectivity index (χ0) is 15.4. The highest BCUT2D eigenvalue weighted by molar-refractivity contribution is 5.85. The van der Waals surface area contributed by atoms with Crippen molar-refractivity contribution in [3.05, 3.63) is 41.8 Å². The van der Waals surface area contributed by atoms with E-state index in [0.29, 0.717) is 17.3 Å². The second kappa shape index (κ2) is 9.67. The molecule has 0 aliphatic carbocycles. The molecule has 2 heterocycles. The SMILES string of the molecule is Cc1oc(-c2ccccc2)nc1CC(=O)N[C@H]1CCCNC1.Cl.Cl. The van der Waals surface area contributed by atoms with Crippen molar-refractivity contribution in [3.8, 4) is 11.5 Å². The van der Waals surface area contributed by atoms with E-state index >= 15 is 0 Å². The molecule has 24 heavy (non-hydrogen) atoms. The largest absolute Gasteiger partial charge is 0.441 e. The molecule has 1 amide bonds. The van der Waals surface area contributed by atoms with E-state index in [1.54, 1.807) is 0 Å². The standard InChI is InChI=1S/C17H21N3O2.2ClH/c1-12-15(10-16(21)19-14-8-5-9-18-11-14)20-17(22-12)13-6-3-2-4-7-13;;/h2-4,6-7,14,18H,5,8-11H2,1H3,(H,19,21);2*1H/t14-;;/m0../s1. The molecule has 0 unspecified atom stereocenters. The van der Waals surface area contributed by atoms with Crippen LogP contribution in [0.15, 0.2) is 34.7 Å². The number of amides is 1. The Balaban J connectivity index is 0.00000144. The first-order valence-corrected chi connectivity index (χ1v) is 7.74. The smallest absolute Gasteiger partial charge is 0.226 e. The third kappa shape index (κ3) is 5.23. The van der Waals surface area contributed by atoms with Crippen molar-refractivity contribution in [2.75, 3.05) is 13.1 Å². The zero-order valence-corrected chi connectivity index (χ0v) is 15.2. The molecule has 1 aliphatic rings. The average Bonchev–Trinajstić information content (AvgIpc) is 2.90. The normalized spacial score (nSPS) is 16.6. The average molecular weight is 372 g/mol. The first kappa shape index (κ1) is 20.5. The number of aromatic nitrogens is 1. The maximum atomic E-state index is 12.2. The molecule has 5 nitrogen and oxygen atoms in total. The Bertz CT molecular complexity index is 641. The summed E-state index contributed by atoms with van der Waals surface area (Å²) in [6.07, 6.45) is 2.40. The third-order valence-electron chi connectivity index (χ3n) is 3.90. The lowest BCUT2D eigenvalue weighted by molar-refractivity contribution is -0.121. The minimum Gasteiger partial charge on any atom is -0.441 e. The van der Waals surface area contributed by atoms with Crippen LogP contribution in [-0.2, 0) is 11.2 Å². The highest BCUT2D eigenvalue weighted by atomic mass is 35.5. The van der Waals surface area contributed by atoms with Crippen molar-refractivity contribution in [1.82, 2.24) is 15.6 Å². The molecular formula is C17H23Cl2N3O2. The fraction of sp³-hybridized carbons (Fsp3) is 0.412. The van der Waals surface area contributed by atoms with E-state index < -0.39 is 0 Å². The predicted molar refractivity (Wildman–Crippen MR) is 98.9 cm³/mol. The van der Waals surface area contributed by atoms with E-state index in [1.807, 2.05) is 37.3 Å². The van der Waals surface area contributed by atoms with Gasteiger partial charge < -0.3 is 15.1 Å². The number of nitrogens with zero attached hydrogens (tertiary/aromatic N) is 1. The molecule has 1 fully saturated rings. The van der Waals surface area contributed by atoms with Crippen LogP contribution in [-0.4, -0.2) is 30.0 Å². The monoisotopic (exact) mass is 371 g/mol. The predicted octanol–water partition coefficient (Wildman–Crippen LogP) is 2.90. The highest BCUT2D eigenvalue weighted by Gasteiger charge is 2.18. The van der Waals surface area contributed by atoms with Gasteiger partial charge in [0.2, 0.25) is 11.8 Å². The van der Waals surface area contributed by atoms with Gasteiger partial charge in [0.05, 0.1) is 12.1 Å². The quantitative estimate of drug-likeness (QED) is 0.866. The van der Waals surface area contributed by atoms with Crippen molar-refractivity contribution in [2.45, 2.75) is 32.2 Å². The van der Waals surface area contributed by atoms with Gasteiger partial charge in [0.25, 0.3) is 0 Å². The van der Waals surface area contributed by atoms with E-state index in [9.17, 15) is 4.79 Å². The Kier molecular flexibility index (Phi) is 8.25. The minimum absolute atomic E-state index is 0. The number of hydrogen-bond acceptors (Lipinski definition) is 4. The summed E-state index contributed by atoms with van der Waals surface area (Å²) in [6, 6.07) is 9.95. The van der Waals surface area contributed by atoms with Crippen molar-refractivity contribution in [1.29, 1.82) is 0 Å². The summed E-state index contributed by atoms with van der Waals surface area (Å²) in [5.41, 5.74) is 1.63. The summed E-state index contributed by atoms with van der Waals surface area (Å²) in [4.78, 5) is 16.6. The fourth-order valence-corrected chi connectivity index (χ4v) is 2.70. The highest BCUT2D eigenvalue weighted by Crippen LogP contribution is 2.21. The molecule has 2 aromatic rings. The number of benzene rings is 1. The van der Waals surface area contributed by atoms with E-state index in [2.05, 4.69) is 15.6 Å². The third-order valence-corrected chi connectivity index (χ3v) is 3.90. The minimum atomic E-state index is 0. The summed E-state index contributed by atoms with van der Waals surface area (Å²) < 4.78 is 5.69. The Labute approximate surface area is 154 Å². The summed E-state index contributed by atoms with van der Waals surface area (Å²) in [5.74, 6) is 1.28. The van der Waals surface area contributed by atoms with Gasteiger partial charge in [0.15, 0.2) is 0 Å². The van der Waals surface area contributed by atoms with Crippen LogP contribution in [0.3, 0.4) is 0 Å². The number of aryl methyl sites for hydroxylation is 1. The van der Waals surface area contributed by atoms with Crippen LogP contribution in [0.4, 0.5) is 0 Å². The van der Waals surface area contributed by atoms with Crippen LogP contribution in [0.25, 0.3) is 11.5 Å². The maximum absolute atomic E-state index is 12.2. The Morgan fingerprint density at radius 1 is 1.33 bits per heavy atom. The number of rotatable bonds is 4. The van der Waals surface area contributed by atoms with Gasteiger partial charge in [-0.1, -0.05) is 18.2 Å². The Morgan fingerprint density at radius 3 is 2.75 bits per heavy atom. The molecule has 3 rings (SSSR count). The molecule has 2 N–H and O–H groups in total. The first-order chi connectivity index (χ1) is 10.7. The Hall–Kier alpha value is -1.56. The van der Waals surface area contributed by atoms with Crippen LogP contribution in [0.1, 0.15) is 24.3 Å². The van der Waals surface area contributed by atoms with E-state index in [-0.39, 0.29) is 43.2 Å². The number of nitrogens with one attached hydrogen (secondary N) is 2. The molecule has 0 spiro atoms. The first-order valence-electron chi connectivity index (χ1n) is 7.74. The lowest BCUT2D eigenvalue weighted by Gasteiger charge is -2.23. The summed E-state index contributed by atoms with van der Waals surface area (Å²) in [5, 5.41) is 6.35. The number of piperidine rings is 1.